The summed E-state index contributed by atoms with van der Waals surface area (Å²) in [7, 11) is 1.58. The molecular weight excluding hydrogens is 454 g/mol. The number of methoxy groups -OCH3 is 1. The van der Waals surface area contributed by atoms with E-state index in [-0.39, 0.29) is 11.3 Å². The number of aromatic amines is 1. The third-order valence-corrected chi connectivity index (χ3v) is 5.45. The first kappa shape index (κ1) is 23.0. The lowest BCUT2D eigenvalue weighted by Gasteiger charge is -2.16. The van der Waals surface area contributed by atoms with Crippen LogP contribution in [0.2, 0.25) is 0 Å². The van der Waals surface area contributed by atoms with Gasteiger partial charge in [0.1, 0.15) is 18.0 Å². The van der Waals surface area contributed by atoms with Crippen molar-refractivity contribution in [1.29, 1.82) is 0 Å². The molecule has 0 bridgehead atoms. The fraction of sp³-hybridized carbons (Fsp3) is 0.167. The van der Waals surface area contributed by atoms with E-state index in [0.29, 0.717) is 17.3 Å². The highest BCUT2D eigenvalue weighted by molar-refractivity contribution is 7.71. The van der Waals surface area contributed by atoms with E-state index in [1.807, 2.05) is 48.5 Å². The minimum atomic E-state index is -0.826. The van der Waals surface area contributed by atoms with Gasteiger partial charge in [-0.3, -0.25) is 30.1 Å². The lowest BCUT2D eigenvalue weighted by Crippen LogP contribution is -2.48. The van der Waals surface area contributed by atoms with Gasteiger partial charge in [0.15, 0.2) is 16.7 Å². The maximum atomic E-state index is 12.5. The number of carbonyl (C=O) groups is 2. The van der Waals surface area contributed by atoms with Crippen molar-refractivity contribution in [2.75, 3.05) is 7.11 Å². The number of H-pyrrole nitrogens is 1. The monoisotopic (exact) mass is 477 g/mol. The molecule has 0 spiro atoms. The maximum absolute atomic E-state index is 12.5. The Balaban J connectivity index is 1.35. The molecule has 34 heavy (non-hydrogen) atoms. The van der Waals surface area contributed by atoms with Crippen molar-refractivity contribution in [3.05, 3.63) is 71.5 Å². The van der Waals surface area contributed by atoms with Gasteiger partial charge < -0.3 is 9.47 Å². The van der Waals surface area contributed by atoms with Crippen molar-refractivity contribution in [2.24, 2.45) is 0 Å². The van der Waals surface area contributed by atoms with Gasteiger partial charge in [-0.05, 0) is 66.3 Å². The number of aromatic nitrogens is 3. The third-order valence-electron chi connectivity index (χ3n) is 5.14. The number of hydrogen-bond donors (Lipinski definition) is 3. The molecule has 174 valence electrons. The van der Waals surface area contributed by atoms with Gasteiger partial charge in [-0.1, -0.05) is 30.3 Å². The highest BCUT2D eigenvalue weighted by Crippen LogP contribution is 2.22. The van der Waals surface area contributed by atoms with E-state index in [9.17, 15) is 9.59 Å². The number of hydrazine groups is 1. The highest BCUT2D eigenvalue weighted by atomic mass is 32.1. The normalized spacial score (nSPS) is 11.6. The number of nitrogens with one attached hydrogen (secondary N) is 3. The van der Waals surface area contributed by atoms with Crippen LogP contribution in [-0.4, -0.2) is 39.8 Å². The lowest BCUT2D eigenvalue weighted by atomic mass is 10.1. The predicted molar refractivity (Wildman–Crippen MR) is 130 cm³/mol. The number of amides is 2. The fourth-order valence-electron chi connectivity index (χ4n) is 3.34. The maximum Gasteiger partial charge on any atom is 0.279 e. The number of rotatable bonds is 7. The Morgan fingerprint density at radius 2 is 1.74 bits per heavy atom. The predicted octanol–water partition coefficient (Wildman–Crippen LogP) is 3.38. The molecule has 2 amide bonds. The highest BCUT2D eigenvalue weighted by Gasteiger charge is 2.17. The first-order valence-electron chi connectivity index (χ1n) is 10.5. The summed E-state index contributed by atoms with van der Waals surface area (Å²) in [6.45, 7) is 1.46. The summed E-state index contributed by atoms with van der Waals surface area (Å²) < 4.78 is 12.7. The Morgan fingerprint density at radius 1 is 1.03 bits per heavy atom. The SMILES string of the molecule is COc1ccc(-c2n[nH]c(=S)n2CC(=O)NNC(=O)C(C)Oc2ccc3ccccc3c2)cc1. The van der Waals surface area contributed by atoms with E-state index in [4.69, 9.17) is 21.7 Å². The molecule has 3 aromatic carbocycles. The molecule has 0 aliphatic rings. The second-order valence-corrected chi connectivity index (χ2v) is 7.86. The summed E-state index contributed by atoms with van der Waals surface area (Å²) in [6.07, 6.45) is -0.826. The van der Waals surface area contributed by atoms with Crippen molar-refractivity contribution in [3.8, 4) is 22.9 Å². The van der Waals surface area contributed by atoms with Crippen molar-refractivity contribution >= 4 is 34.8 Å². The topological polar surface area (TPSA) is 110 Å². The van der Waals surface area contributed by atoms with Gasteiger partial charge >= 0.3 is 0 Å². The van der Waals surface area contributed by atoms with Crippen LogP contribution >= 0.6 is 12.2 Å². The zero-order valence-electron chi connectivity index (χ0n) is 18.6. The molecule has 4 rings (SSSR count). The molecule has 0 aliphatic carbocycles. The Hall–Kier alpha value is -4.18. The number of ether oxygens (including phenoxy) is 2. The summed E-state index contributed by atoms with van der Waals surface area (Å²) in [5, 5.41) is 8.97. The van der Waals surface area contributed by atoms with Gasteiger partial charge in [-0.25, -0.2) is 0 Å². The summed E-state index contributed by atoms with van der Waals surface area (Å²) in [4.78, 5) is 24.9. The van der Waals surface area contributed by atoms with Crippen molar-refractivity contribution in [3.63, 3.8) is 0 Å². The van der Waals surface area contributed by atoms with E-state index in [1.54, 1.807) is 32.2 Å². The molecule has 1 unspecified atom stereocenters. The molecule has 9 nitrogen and oxygen atoms in total. The first-order chi connectivity index (χ1) is 16.4. The van der Waals surface area contributed by atoms with E-state index in [2.05, 4.69) is 21.0 Å². The molecule has 1 aromatic heterocycles. The van der Waals surface area contributed by atoms with Crippen LogP contribution in [0, 0.1) is 4.77 Å². The van der Waals surface area contributed by atoms with Gasteiger partial charge in [0.2, 0.25) is 0 Å². The van der Waals surface area contributed by atoms with Crippen LogP contribution in [-0.2, 0) is 16.1 Å². The molecule has 3 N–H and O–H groups in total. The third kappa shape index (κ3) is 5.24. The minimum Gasteiger partial charge on any atom is -0.497 e. The van der Waals surface area contributed by atoms with Crippen LogP contribution < -0.4 is 20.3 Å². The standard InChI is InChI=1S/C24H23N5O4S/c1-15(33-20-12-7-16-5-3-4-6-18(16)13-20)23(31)27-25-21(30)14-29-22(26-28-24(29)34)17-8-10-19(32-2)11-9-17/h3-13,15H,14H2,1-2H3,(H,25,30)(H,27,31)(H,28,34). The molecule has 1 atom stereocenters. The molecule has 0 fully saturated rings. The molecule has 4 aromatic rings. The zero-order valence-corrected chi connectivity index (χ0v) is 19.4. The van der Waals surface area contributed by atoms with Crippen LogP contribution in [0.1, 0.15) is 6.92 Å². The van der Waals surface area contributed by atoms with Crippen LogP contribution in [0.15, 0.2) is 66.7 Å². The number of benzene rings is 3. The van der Waals surface area contributed by atoms with Crippen molar-refractivity contribution in [2.45, 2.75) is 19.6 Å². The second kappa shape index (κ2) is 10.2. The van der Waals surface area contributed by atoms with Gasteiger partial charge in [0.05, 0.1) is 7.11 Å². The van der Waals surface area contributed by atoms with Crippen LogP contribution in [0.3, 0.4) is 0 Å². The Labute approximate surface area is 200 Å². The number of nitrogens with zero attached hydrogens (tertiary/aromatic N) is 2. The van der Waals surface area contributed by atoms with Gasteiger partial charge in [0, 0.05) is 5.56 Å². The van der Waals surface area contributed by atoms with Gasteiger partial charge in [-0.2, -0.15) is 5.10 Å². The quantitative estimate of drug-likeness (QED) is 0.278. The Morgan fingerprint density at radius 3 is 2.47 bits per heavy atom. The first-order valence-corrected chi connectivity index (χ1v) is 10.9. The van der Waals surface area contributed by atoms with Crippen LogP contribution in [0.25, 0.3) is 22.2 Å². The molecular formula is C24H23N5O4S. The van der Waals surface area contributed by atoms with Crippen LogP contribution in [0.5, 0.6) is 11.5 Å². The number of carbonyl (C=O) groups excluding carboxylic acids is 2. The summed E-state index contributed by atoms with van der Waals surface area (Å²) >= 11 is 5.26. The van der Waals surface area contributed by atoms with Crippen molar-refractivity contribution < 1.29 is 19.1 Å². The largest absolute Gasteiger partial charge is 0.497 e. The second-order valence-electron chi connectivity index (χ2n) is 7.47. The van der Waals surface area contributed by atoms with Gasteiger partial charge in [-0.15, -0.1) is 0 Å². The average molecular weight is 478 g/mol. The molecule has 10 heteroatoms. The Kier molecular flexibility index (Phi) is 6.88. The van der Waals surface area contributed by atoms with E-state index in [0.717, 1.165) is 16.3 Å². The fourth-order valence-corrected chi connectivity index (χ4v) is 3.54. The number of hydrogen-bond acceptors (Lipinski definition) is 6. The summed E-state index contributed by atoms with van der Waals surface area (Å²) in [5.41, 5.74) is 5.53. The zero-order chi connectivity index (χ0) is 24.1. The molecule has 0 saturated carbocycles. The molecule has 0 saturated heterocycles. The van der Waals surface area contributed by atoms with E-state index in [1.165, 1.54) is 4.57 Å². The minimum absolute atomic E-state index is 0.142. The summed E-state index contributed by atoms with van der Waals surface area (Å²) in [6, 6.07) is 20.6. The Bertz CT molecular complexity index is 1380. The number of fused-ring (bicyclic) bond motifs is 1. The van der Waals surface area contributed by atoms with Crippen LogP contribution in [0.4, 0.5) is 0 Å². The molecule has 0 radical (unpaired) electrons. The summed E-state index contributed by atoms with van der Waals surface area (Å²) in [5.74, 6) is 0.778. The molecule has 0 aliphatic heterocycles. The average Bonchev–Trinajstić information content (AvgIpc) is 3.22. The molecule has 1 heterocycles. The van der Waals surface area contributed by atoms with Gasteiger partial charge in [0.25, 0.3) is 11.8 Å². The van der Waals surface area contributed by atoms with Crippen molar-refractivity contribution in [1.82, 2.24) is 25.6 Å². The van der Waals surface area contributed by atoms with E-state index >= 15 is 0 Å². The van der Waals surface area contributed by atoms with E-state index < -0.39 is 17.9 Å². The lowest BCUT2D eigenvalue weighted by molar-refractivity contribution is -0.132. The smallest absolute Gasteiger partial charge is 0.279 e.